The minimum Gasteiger partial charge on any atom is -0.355 e. The van der Waals surface area contributed by atoms with Gasteiger partial charge < -0.3 is 10.2 Å². The summed E-state index contributed by atoms with van der Waals surface area (Å²) in [5.41, 5.74) is 1.22. The number of hydrogen-bond acceptors (Lipinski definition) is 4. The summed E-state index contributed by atoms with van der Waals surface area (Å²) in [5.74, 6) is 0.804. The molecule has 0 unspecified atom stereocenters. The zero-order valence-corrected chi connectivity index (χ0v) is 21.5. The molecule has 1 fully saturated rings. The summed E-state index contributed by atoms with van der Waals surface area (Å²) >= 11 is 0. The van der Waals surface area contributed by atoms with Gasteiger partial charge in [-0.1, -0.05) is 60.7 Å². The smallest absolute Gasteiger partial charge is 0.240 e. The van der Waals surface area contributed by atoms with Crippen LogP contribution in [0.1, 0.15) is 5.56 Å². The molecule has 32 heavy (non-hydrogen) atoms. The first-order valence-electron chi connectivity index (χ1n) is 10.5. The quantitative estimate of drug-likeness (QED) is 0.221. The second-order valence-corrected chi connectivity index (χ2v) is 9.05. The third-order valence-electron chi connectivity index (χ3n) is 5.11. The van der Waals surface area contributed by atoms with Gasteiger partial charge in [-0.2, -0.15) is 0 Å². The van der Waals surface area contributed by atoms with Gasteiger partial charge in [-0.3, -0.25) is 9.89 Å². The summed E-state index contributed by atoms with van der Waals surface area (Å²) in [6, 6.07) is 18.7. The van der Waals surface area contributed by atoms with Gasteiger partial charge in [0.2, 0.25) is 10.0 Å². The molecular formula is C23H32IN5O2S. The Hall–Kier alpha value is -1.95. The van der Waals surface area contributed by atoms with E-state index in [1.807, 2.05) is 18.2 Å². The van der Waals surface area contributed by atoms with E-state index in [0.717, 1.165) is 38.7 Å². The van der Waals surface area contributed by atoms with Gasteiger partial charge >= 0.3 is 0 Å². The predicted octanol–water partition coefficient (Wildman–Crippen LogP) is 2.49. The molecule has 174 valence electrons. The molecule has 7 nitrogen and oxygen atoms in total. The van der Waals surface area contributed by atoms with Crippen molar-refractivity contribution in [3.05, 3.63) is 72.3 Å². The largest absolute Gasteiger partial charge is 0.355 e. The molecule has 9 heteroatoms. The van der Waals surface area contributed by atoms with Crippen LogP contribution in [0.25, 0.3) is 6.08 Å². The Morgan fingerprint density at radius 2 is 1.59 bits per heavy atom. The molecule has 0 atom stereocenters. The van der Waals surface area contributed by atoms with Crippen molar-refractivity contribution in [1.29, 1.82) is 0 Å². The fourth-order valence-corrected chi connectivity index (χ4v) is 4.47. The van der Waals surface area contributed by atoms with E-state index >= 15 is 0 Å². The van der Waals surface area contributed by atoms with E-state index < -0.39 is 10.0 Å². The molecule has 0 saturated carbocycles. The van der Waals surface area contributed by atoms with Crippen LogP contribution >= 0.6 is 24.0 Å². The number of piperazine rings is 1. The van der Waals surface area contributed by atoms with E-state index in [4.69, 9.17) is 0 Å². The van der Waals surface area contributed by atoms with Gasteiger partial charge in [0.15, 0.2) is 5.96 Å². The lowest BCUT2D eigenvalue weighted by atomic mass is 10.2. The molecular weight excluding hydrogens is 537 g/mol. The zero-order chi connectivity index (χ0) is 21.9. The number of halogens is 1. The van der Waals surface area contributed by atoms with Crippen molar-refractivity contribution in [3.8, 4) is 0 Å². The topological polar surface area (TPSA) is 77.0 Å². The highest BCUT2D eigenvalue weighted by atomic mass is 127. The Morgan fingerprint density at radius 3 is 2.22 bits per heavy atom. The maximum Gasteiger partial charge on any atom is 0.240 e. The first-order valence-corrected chi connectivity index (χ1v) is 12.0. The molecule has 0 amide bonds. The predicted molar refractivity (Wildman–Crippen MR) is 142 cm³/mol. The highest BCUT2D eigenvalue weighted by Crippen LogP contribution is 2.07. The number of aliphatic imine (C=N–C) groups is 1. The molecule has 3 rings (SSSR count). The molecule has 1 heterocycles. The van der Waals surface area contributed by atoms with Crippen molar-refractivity contribution in [3.63, 3.8) is 0 Å². The van der Waals surface area contributed by atoms with Crippen LogP contribution in [0.2, 0.25) is 0 Å². The fourth-order valence-electron chi connectivity index (χ4n) is 3.42. The van der Waals surface area contributed by atoms with Crippen molar-refractivity contribution >= 4 is 46.0 Å². The number of nitrogens with zero attached hydrogens (tertiary/aromatic N) is 3. The van der Waals surface area contributed by atoms with E-state index in [-0.39, 0.29) is 28.9 Å². The van der Waals surface area contributed by atoms with Crippen molar-refractivity contribution in [2.45, 2.75) is 4.90 Å². The van der Waals surface area contributed by atoms with Crippen LogP contribution < -0.4 is 10.0 Å². The lowest BCUT2D eigenvalue weighted by Gasteiger charge is -2.36. The van der Waals surface area contributed by atoms with Gasteiger partial charge in [0, 0.05) is 52.9 Å². The standard InChI is InChI=1S/C23H31N5O2S.HI/c1-24-23(25-14-15-26-31(29,30)22-12-6-3-7-13-22)28-19-17-27(18-20-28)16-8-11-21-9-4-2-5-10-21;/h2-13,26H,14-20H2,1H3,(H,24,25);1H/b11-8+;. The number of sulfonamides is 1. The summed E-state index contributed by atoms with van der Waals surface area (Å²) in [6.07, 6.45) is 4.36. The molecule has 2 aromatic carbocycles. The van der Waals surface area contributed by atoms with Gasteiger partial charge in [-0.05, 0) is 17.7 Å². The summed E-state index contributed by atoms with van der Waals surface area (Å²) in [7, 11) is -1.73. The maximum absolute atomic E-state index is 12.3. The zero-order valence-electron chi connectivity index (χ0n) is 18.4. The normalized spacial score (nSPS) is 15.5. The molecule has 2 N–H and O–H groups in total. The minimum absolute atomic E-state index is 0. The van der Waals surface area contributed by atoms with Crippen LogP contribution in [0.3, 0.4) is 0 Å². The number of rotatable bonds is 8. The van der Waals surface area contributed by atoms with E-state index in [2.05, 4.69) is 49.1 Å². The fraction of sp³-hybridized carbons (Fsp3) is 0.348. The van der Waals surface area contributed by atoms with E-state index in [0.29, 0.717) is 13.1 Å². The Morgan fingerprint density at radius 1 is 0.969 bits per heavy atom. The highest BCUT2D eigenvalue weighted by molar-refractivity contribution is 14.0. The van der Waals surface area contributed by atoms with Crippen LogP contribution in [0.5, 0.6) is 0 Å². The Kier molecular flexibility index (Phi) is 11.1. The summed E-state index contributed by atoms with van der Waals surface area (Å²) in [4.78, 5) is 9.25. The molecule has 0 aromatic heterocycles. The van der Waals surface area contributed by atoms with Crippen molar-refractivity contribution in [2.24, 2.45) is 4.99 Å². The molecule has 0 radical (unpaired) electrons. The average Bonchev–Trinajstić information content (AvgIpc) is 2.81. The number of guanidine groups is 1. The van der Waals surface area contributed by atoms with Gasteiger partial charge in [0.1, 0.15) is 0 Å². The van der Waals surface area contributed by atoms with Gasteiger partial charge in [0.25, 0.3) is 0 Å². The van der Waals surface area contributed by atoms with Crippen molar-refractivity contribution in [1.82, 2.24) is 19.8 Å². The summed E-state index contributed by atoms with van der Waals surface area (Å²) in [5, 5.41) is 3.26. The molecule has 2 aromatic rings. The van der Waals surface area contributed by atoms with Gasteiger partial charge in [-0.15, -0.1) is 24.0 Å². The first-order chi connectivity index (χ1) is 15.1. The van der Waals surface area contributed by atoms with E-state index in [1.165, 1.54) is 5.56 Å². The maximum atomic E-state index is 12.3. The second kappa shape index (κ2) is 13.6. The molecule has 0 spiro atoms. The number of nitrogens with one attached hydrogen (secondary N) is 2. The molecule has 0 aliphatic carbocycles. The SMILES string of the molecule is CN=C(NCCNS(=O)(=O)c1ccccc1)N1CCN(C/C=C/c2ccccc2)CC1.I. The lowest BCUT2D eigenvalue weighted by Crippen LogP contribution is -2.53. The molecule has 1 saturated heterocycles. The Labute approximate surface area is 208 Å². The van der Waals surface area contributed by atoms with E-state index in [1.54, 1.807) is 37.4 Å². The van der Waals surface area contributed by atoms with Crippen LogP contribution in [0, 0.1) is 0 Å². The third kappa shape index (κ3) is 8.19. The van der Waals surface area contributed by atoms with Crippen molar-refractivity contribution in [2.75, 3.05) is 52.9 Å². The average molecular weight is 570 g/mol. The van der Waals surface area contributed by atoms with Gasteiger partial charge in [-0.25, -0.2) is 13.1 Å². The summed E-state index contributed by atoms with van der Waals surface area (Å²) < 4.78 is 27.2. The number of hydrogen-bond donors (Lipinski definition) is 2. The second-order valence-electron chi connectivity index (χ2n) is 7.29. The Balaban J connectivity index is 0.00000363. The minimum atomic E-state index is -3.48. The van der Waals surface area contributed by atoms with Crippen LogP contribution in [-0.2, 0) is 10.0 Å². The van der Waals surface area contributed by atoms with Crippen LogP contribution in [0.4, 0.5) is 0 Å². The van der Waals surface area contributed by atoms with Gasteiger partial charge in [0.05, 0.1) is 4.90 Å². The monoisotopic (exact) mass is 569 g/mol. The number of benzene rings is 2. The Bertz CT molecular complexity index is 960. The lowest BCUT2D eigenvalue weighted by molar-refractivity contribution is 0.194. The molecule has 0 bridgehead atoms. The highest BCUT2D eigenvalue weighted by Gasteiger charge is 2.19. The van der Waals surface area contributed by atoms with Crippen LogP contribution in [-0.4, -0.2) is 77.0 Å². The van der Waals surface area contributed by atoms with Crippen LogP contribution in [0.15, 0.2) is 76.6 Å². The van der Waals surface area contributed by atoms with E-state index in [9.17, 15) is 8.42 Å². The molecule has 1 aliphatic heterocycles. The third-order valence-corrected chi connectivity index (χ3v) is 6.59. The summed E-state index contributed by atoms with van der Waals surface area (Å²) in [6.45, 7) is 5.37. The first kappa shape index (κ1) is 26.3. The van der Waals surface area contributed by atoms with Crippen molar-refractivity contribution < 1.29 is 8.42 Å². The molecule has 1 aliphatic rings.